The van der Waals surface area contributed by atoms with Gasteiger partial charge in [-0.3, -0.25) is 0 Å². The topological polar surface area (TPSA) is 19.6 Å². The Morgan fingerprint density at radius 1 is 0.552 bits per heavy atom. The molecule has 0 atom stereocenters. The van der Waals surface area contributed by atoms with Gasteiger partial charge in [-0.2, -0.15) is 0 Å². The molecule has 0 bridgehead atoms. The van der Waals surface area contributed by atoms with Crippen LogP contribution in [0.5, 0.6) is 0 Å². The summed E-state index contributed by atoms with van der Waals surface area (Å²) in [6.45, 7) is 31.8. The average molecular weight is 892 g/mol. The van der Waals surface area contributed by atoms with Crippen LogP contribution in [0.2, 0.25) is 0 Å². The number of furan rings is 1. The van der Waals surface area contributed by atoms with Gasteiger partial charge in [0.15, 0.2) is 0 Å². The fourth-order valence-electron chi connectivity index (χ4n) is 10.9. The maximum Gasteiger partial charge on any atom is 0.297 e. The maximum atomic E-state index is 9.75. The molecule has 1 aromatic heterocycles. The minimum atomic E-state index is -2.52. The molecule has 344 valence electrons. The zero-order chi connectivity index (χ0) is 54.1. The van der Waals surface area contributed by atoms with Gasteiger partial charge in [-0.05, 0) is 162 Å². The fraction of sp³-hybridized carbons (Fsp3) is 0.397. The van der Waals surface area contributed by atoms with E-state index in [1.807, 2.05) is 45.0 Å². The van der Waals surface area contributed by atoms with E-state index in [-0.39, 0.29) is 62.4 Å². The highest BCUT2D eigenvalue weighted by Crippen LogP contribution is 2.53. The third kappa shape index (κ3) is 7.39. The maximum absolute atomic E-state index is 9.75. The van der Waals surface area contributed by atoms with Crippen LogP contribution in [0, 0.1) is 6.85 Å². The van der Waals surface area contributed by atoms with E-state index in [2.05, 4.69) is 160 Å². The molecule has 7 aromatic rings. The van der Waals surface area contributed by atoms with Crippen LogP contribution in [0.25, 0.3) is 22.1 Å². The zero-order valence-corrected chi connectivity index (χ0v) is 42.9. The Bertz CT molecular complexity index is 3450. The second-order valence-corrected chi connectivity index (χ2v) is 25.3. The van der Waals surface area contributed by atoms with E-state index >= 15 is 0 Å². The second kappa shape index (κ2) is 14.8. The molecule has 2 aliphatic heterocycles. The first-order valence-corrected chi connectivity index (χ1v) is 24.4. The van der Waals surface area contributed by atoms with Crippen molar-refractivity contribution in [2.24, 2.45) is 0 Å². The Kier molecular flexibility index (Phi) is 8.26. The van der Waals surface area contributed by atoms with Crippen LogP contribution < -0.4 is 26.4 Å². The van der Waals surface area contributed by atoms with E-state index in [1.165, 1.54) is 16.7 Å². The number of aryl methyl sites for hydroxylation is 1. The normalized spacial score (nSPS) is 18.1. The van der Waals surface area contributed by atoms with E-state index in [0.29, 0.717) is 22.5 Å². The summed E-state index contributed by atoms with van der Waals surface area (Å²) < 4.78 is 73.4. The van der Waals surface area contributed by atoms with E-state index in [9.17, 15) is 9.60 Å². The van der Waals surface area contributed by atoms with Crippen molar-refractivity contribution in [3.05, 3.63) is 148 Å². The van der Waals surface area contributed by atoms with Gasteiger partial charge < -0.3 is 14.2 Å². The van der Waals surface area contributed by atoms with Crippen molar-refractivity contribution in [1.82, 2.24) is 0 Å². The quantitative estimate of drug-likeness (QED) is 0.165. The third-order valence-electron chi connectivity index (χ3n) is 15.2. The van der Waals surface area contributed by atoms with Crippen molar-refractivity contribution in [1.29, 1.82) is 0 Å². The lowest BCUT2D eigenvalue weighted by Crippen LogP contribution is -2.61. The molecular formula is C63H73BN2O. The zero-order valence-electron chi connectivity index (χ0n) is 49.9. The largest absolute Gasteiger partial charge is 0.468 e. The second-order valence-electron chi connectivity index (χ2n) is 25.3. The third-order valence-corrected chi connectivity index (χ3v) is 15.2. The van der Waals surface area contributed by atoms with Crippen molar-refractivity contribution in [2.45, 2.75) is 163 Å². The van der Waals surface area contributed by atoms with Crippen LogP contribution in [0.15, 0.2) is 114 Å². The van der Waals surface area contributed by atoms with E-state index in [0.717, 1.165) is 74.3 Å². The summed E-state index contributed by atoms with van der Waals surface area (Å²) in [7, 11) is 0. The molecule has 0 spiro atoms. The number of nitrogens with zero attached hydrogens (tertiary/aromatic N) is 2. The Balaban J connectivity index is 1.38. The van der Waals surface area contributed by atoms with Gasteiger partial charge in [-0.15, -0.1) is 0 Å². The molecule has 0 saturated carbocycles. The summed E-state index contributed by atoms with van der Waals surface area (Å²) >= 11 is 0. The van der Waals surface area contributed by atoms with Crippen LogP contribution in [0.4, 0.5) is 34.1 Å². The highest BCUT2D eigenvalue weighted by molar-refractivity contribution is 7.00. The van der Waals surface area contributed by atoms with Gasteiger partial charge in [0.25, 0.3) is 6.71 Å². The molecule has 3 aliphatic rings. The standard InChI is InChI=1S/C63H73BN2O/c1-38-32-52-55-53(33-38)66(50-28-24-42(60(8,9)10)34-45(50)39-18-20-40(21-19-39)58(2,3)4)51-29-25-43(61(11,12)13)35-49(51)64(55)57-56(65(52)44-26-22-41(23-27-44)59(5,6)7)46-36-47-48(37-54(46)67-57)63(16,17)31-30-62(47,14)15/h18-29,32-37H,30-31H2,1-17H3/i1D3,18D,19D,20D,21D. The molecule has 4 heteroatoms. The van der Waals surface area contributed by atoms with Gasteiger partial charge in [0.05, 0.1) is 22.5 Å². The van der Waals surface area contributed by atoms with Crippen molar-refractivity contribution < 1.29 is 14.0 Å². The summed E-state index contributed by atoms with van der Waals surface area (Å²) in [6.07, 6.45) is 2.09. The number of fused-ring (bicyclic) bond motifs is 7. The molecular weight excluding hydrogens is 812 g/mol. The molecule has 0 unspecified atom stereocenters. The molecule has 10 rings (SSSR count). The fourth-order valence-corrected chi connectivity index (χ4v) is 10.9. The number of benzene rings is 6. The number of hydrogen-bond acceptors (Lipinski definition) is 3. The highest BCUT2D eigenvalue weighted by Gasteiger charge is 2.48. The molecule has 3 heterocycles. The summed E-state index contributed by atoms with van der Waals surface area (Å²) in [5.74, 6) is 0. The van der Waals surface area contributed by atoms with Gasteiger partial charge in [-0.25, -0.2) is 0 Å². The SMILES string of the molecule is [2H]c1c([2H])c(C(C)(C)C)c([2H])c([2H])c1-c1cc(C(C)(C)C)ccc1N1c2ccc(C(C)(C)C)cc2B2c3oc4cc5c(cc4c3N(c3ccc(C(C)(C)C)cc3)c3cc(C([2H])([2H])[2H])cc1c32)C(C)(C)CCC5(C)C. The predicted octanol–water partition coefficient (Wildman–Crippen LogP) is 16.0. The molecule has 67 heavy (non-hydrogen) atoms. The molecule has 0 fully saturated rings. The minimum absolute atomic E-state index is 0.0738. The molecule has 6 aromatic carbocycles. The summed E-state index contributed by atoms with van der Waals surface area (Å²) in [4.78, 5) is 4.38. The monoisotopic (exact) mass is 892 g/mol. The van der Waals surface area contributed by atoms with E-state index in [1.54, 1.807) is 0 Å². The molecule has 0 saturated heterocycles. The lowest BCUT2D eigenvalue weighted by molar-refractivity contribution is 0.332. The molecule has 3 nitrogen and oxygen atoms in total. The van der Waals surface area contributed by atoms with Crippen molar-refractivity contribution in [3.8, 4) is 11.1 Å². The van der Waals surface area contributed by atoms with Crippen LogP contribution >= 0.6 is 0 Å². The van der Waals surface area contributed by atoms with Gasteiger partial charge >= 0.3 is 0 Å². The van der Waals surface area contributed by atoms with Gasteiger partial charge in [0.2, 0.25) is 0 Å². The lowest BCUT2D eigenvalue weighted by Gasteiger charge is -2.44. The Labute approximate surface area is 412 Å². The average Bonchev–Trinajstić information content (AvgIpc) is 3.66. The smallest absolute Gasteiger partial charge is 0.297 e. The van der Waals surface area contributed by atoms with Gasteiger partial charge in [0, 0.05) is 37.8 Å². The van der Waals surface area contributed by atoms with Crippen molar-refractivity contribution >= 4 is 68.4 Å². The minimum Gasteiger partial charge on any atom is -0.468 e. The van der Waals surface area contributed by atoms with Crippen LogP contribution in [0.3, 0.4) is 0 Å². The highest BCUT2D eigenvalue weighted by atomic mass is 16.3. The Morgan fingerprint density at radius 2 is 1.07 bits per heavy atom. The number of hydrogen-bond donors (Lipinski definition) is 0. The molecule has 0 radical (unpaired) electrons. The summed E-state index contributed by atoms with van der Waals surface area (Å²) in [5.41, 5.74) is 13.6. The number of rotatable bonds is 3. The van der Waals surface area contributed by atoms with Gasteiger partial charge in [0.1, 0.15) is 5.58 Å². The first-order chi connectivity index (χ1) is 34.0. The summed E-state index contributed by atoms with van der Waals surface area (Å²) in [5, 5.41) is 0.981. The van der Waals surface area contributed by atoms with Crippen LogP contribution in [0.1, 0.15) is 172 Å². The van der Waals surface area contributed by atoms with Crippen LogP contribution in [-0.2, 0) is 32.5 Å². The lowest BCUT2D eigenvalue weighted by atomic mass is 9.35. The van der Waals surface area contributed by atoms with Crippen molar-refractivity contribution in [3.63, 3.8) is 0 Å². The number of anilines is 6. The van der Waals surface area contributed by atoms with E-state index in [4.69, 9.17) is 4.42 Å². The first kappa shape index (κ1) is 37.5. The first-order valence-electron chi connectivity index (χ1n) is 27.9. The molecule has 0 N–H and O–H groups in total. The summed E-state index contributed by atoms with van der Waals surface area (Å²) in [6, 6.07) is 29.4. The van der Waals surface area contributed by atoms with E-state index < -0.39 is 19.0 Å². The Hall–Kier alpha value is -5.48. The molecule has 1 aliphatic carbocycles. The molecule has 0 amide bonds. The van der Waals surface area contributed by atoms with Crippen molar-refractivity contribution in [2.75, 3.05) is 9.80 Å². The Morgan fingerprint density at radius 3 is 1.64 bits per heavy atom. The van der Waals surface area contributed by atoms with Crippen LogP contribution in [-0.4, -0.2) is 6.71 Å². The predicted molar refractivity (Wildman–Crippen MR) is 290 cm³/mol. The van der Waals surface area contributed by atoms with Gasteiger partial charge in [-0.1, -0.05) is 165 Å².